The number of unbranched alkanes of at least 4 members (excludes halogenated alkanes) is 1. The Kier molecular flexibility index (Phi) is 8.08. The number of ether oxygens (including phenoxy) is 1. The van der Waals surface area contributed by atoms with Crippen LogP contribution in [0.4, 0.5) is 4.39 Å². The zero-order valence-electron chi connectivity index (χ0n) is 13.4. The number of aryl methyl sites for hydroxylation is 1. The molecule has 23 heavy (non-hydrogen) atoms. The van der Waals surface area contributed by atoms with E-state index in [1.54, 1.807) is 18.2 Å². The molecule has 5 nitrogen and oxygen atoms in total. The summed E-state index contributed by atoms with van der Waals surface area (Å²) < 4.78 is 19.8. The van der Waals surface area contributed by atoms with E-state index >= 15 is 0 Å². The average Bonchev–Trinajstić information content (AvgIpc) is 2.49. The molecule has 1 atom stereocenters. The van der Waals surface area contributed by atoms with Crippen LogP contribution in [-0.2, 0) is 16.0 Å². The molecule has 0 unspecified atom stereocenters. The highest BCUT2D eigenvalue weighted by Crippen LogP contribution is 2.23. The number of rotatable bonds is 11. The fourth-order valence-electron chi connectivity index (χ4n) is 2.16. The van der Waals surface area contributed by atoms with E-state index in [1.807, 2.05) is 6.92 Å². The zero-order valence-corrected chi connectivity index (χ0v) is 13.4. The number of carbonyl (C=O) groups is 2. The molecule has 1 rings (SSSR count). The number of carboxylic acids is 1. The lowest BCUT2D eigenvalue weighted by atomic mass is 10.1. The Hall–Kier alpha value is -2.11. The summed E-state index contributed by atoms with van der Waals surface area (Å²) in [5.41, 5.74) is 5.62. The Labute approximate surface area is 135 Å². The lowest BCUT2D eigenvalue weighted by molar-refractivity contribution is -0.137. The Bertz CT molecular complexity index is 533. The van der Waals surface area contributed by atoms with Crippen molar-refractivity contribution in [2.24, 2.45) is 11.7 Å². The Morgan fingerprint density at radius 1 is 1.30 bits per heavy atom. The standard InChI is InChI=1S/C17H24FNO4/c1-12(9-10-15(19)20)11-23-14-7-4-6-13(17(14)18)5-2-3-8-16(21)22/h4,6-7,12H,2-3,5,8-11H2,1H3,(H2,19,20)(H,21,22)/t12-/m0/s1. The van der Waals surface area contributed by atoms with Crippen LogP contribution in [-0.4, -0.2) is 23.6 Å². The molecule has 0 radical (unpaired) electrons. The molecule has 0 bridgehead atoms. The summed E-state index contributed by atoms with van der Waals surface area (Å²) in [5, 5.41) is 8.59. The molecule has 0 aliphatic heterocycles. The molecule has 6 heteroatoms. The minimum absolute atomic E-state index is 0.0924. The van der Waals surface area contributed by atoms with E-state index in [4.69, 9.17) is 15.6 Å². The summed E-state index contributed by atoms with van der Waals surface area (Å²) in [6.45, 7) is 2.23. The smallest absolute Gasteiger partial charge is 0.303 e. The summed E-state index contributed by atoms with van der Waals surface area (Å²) in [6.07, 6.45) is 2.59. The van der Waals surface area contributed by atoms with Gasteiger partial charge >= 0.3 is 5.97 Å². The highest BCUT2D eigenvalue weighted by atomic mass is 19.1. The molecular formula is C17H24FNO4. The Balaban J connectivity index is 2.48. The highest BCUT2D eigenvalue weighted by Gasteiger charge is 2.11. The molecule has 0 aliphatic carbocycles. The first-order chi connectivity index (χ1) is 10.9. The van der Waals surface area contributed by atoms with Crippen LogP contribution in [0.5, 0.6) is 5.75 Å². The molecule has 3 N–H and O–H groups in total. The summed E-state index contributed by atoms with van der Waals surface area (Å²) in [7, 11) is 0. The van der Waals surface area contributed by atoms with Gasteiger partial charge in [0.2, 0.25) is 5.91 Å². The molecular weight excluding hydrogens is 301 g/mol. The van der Waals surface area contributed by atoms with Crippen LogP contribution < -0.4 is 10.5 Å². The first-order valence-electron chi connectivity index (χ1n) is 7.80. The highest BCUT2D eigenvalue weighted by molar-refractivity contribution is 5.73. The number of hydrogen-bond donors (Lipinski definition) is 2. The first kappa shape index (κ1) is 18.9. The van der Waals surface area contributed by atoms with Gasteiger partial charge in [0.15, 0.2) is 11.6 Å². The number of carboxylic acid groups (broad SMARTS) is 1. The van der Waals surface area contributed by atoms with Gasteiger partial charge in [-0.1, -0.05) is 19.1 Å². The predicted octanol–water partition coefficient (Wildman–Crippen LogP) is 2.90. The van der Waals surface area contributed by atoms with Crippen LogP contribution in [0.3, 0.4) is 0 Å². The van der Waals surface area contributed by atoms with E-state index in [0.29, 0.717) is 37.9 Å². The maximum absolute atomic E-state index is 14.3. The van der Waals surface area contributed by atoms with Crippen LogP contribution in [0.1, 0.15) is 44.6 Å². The molecule has 0 spiro atoms. The number of carbonyl (C=O) groups excluding carboxylic acids is 1. The number of aliphatic carboxylic acids is 1. The zero-order chi connectivity index (χ0) is 17.2. The first-order valence-corrected chi connectivity index (χ1v) is 7.80. The van der Waals surface area contributed by atoms with Crippen LogP contribution in [0.2, 0.25) is 0 Å². The van der Waals surface area contributed by atoms with E-state index in [0.717, 1.165) is 0 Å². The van der Waals surface area contributed by atoms with E-state index in [2.05, 4.69) is 0 Å². The molecule has 0 saturated heterocycles. The number of benzene rings is 1. The number of amides is 1. The van der Waals surface area contributed by atoms with E-state index in [9.17, 15) is 14.0 Å². The van der Waals surface area contributed by atoms with Gasteiger partial charge in [-0.05, 0) is 43.2 Å². The summed E-state index contributed by atoms with van der Waals surface area (Å²) in [5.74, 6) is -1.31. The van der Waals surface area contributed by atoms with Gasteiger partial charge in [0, 0.05) is 12.8 Å². The third-order valence-electron chi connectivity index (χ3n) is 3.54. The third kappa shape index (κ3) is 7.63. The van der Waals surface area contributed by atoms with Gasteiger partial charge in [-0.25, -0.2) is 4.39 Å². The Morgan fingerprint density at radius 3 is 2.70 bits per heavy atom. The van der Waals surface area contributed by atoms with Crippen molar-refractivity contribution in [1.82, 2.24) is 0 Å². The number of hydrogen-bond acceptors (Lipinski definition) is 3. The van der Waals surface area contributed by atoms with Crippen LogP contribution >= 0.6 is 0 Å². The maximum atomic E-state index is 14.3. The predicted molar refractivity (Wildman–Crippen MR) is 84.7 cm³/mol. The SMILES string of the molecule is C[C@@H](CCC(N)=O)COc1cccc(CCCCC(=O)O)c1F. The fourth-order valence-corrected chi connectivity index (χ4v) is 2.16. The van der Waals surface area contributed by atoms with Crippen molar-refractivity contribution in [3.05, 3.63) is 29.6 Å². The second-order valence-electron chi connectivity index (χ2n) is 5.75. The second kappa shape index (κ2) is 9.82. The lowest BCUT2D eigenvalue weighted by Gasteiger charge is -2.14. The third-order valence-corrected chi connectivity index (χ3v) is 3.54. The molecule has 0 aromatic heterocycles. The number of primary amides is 1. The van der Waals surface area contributed by atoms with Gasteiger partial charge in [-0.2, -0.15) is 0 Å². The van der Waals surface area contributed by atoms with Gasteiger partial charge < -0.3 is 15.6 Å². The van der Waals surface area contributed by atoms with Crippen molar-refractivity contribution in [3.63, 3.8) is 0 Å². The lowest BCUT2D eigenvalue weighted by Crippen LogP contribution is -2.15. The Morgan fingerprint density at radius 2 is 2.04 bits per heavy atom. The quantitative estimate of drug-likeness (QED) is 0.612. The molecule has 0 fully saturated rings. The van der Waals surface area contributed by atoms with Crippen LogP contribution in [0.25, 0.3) is 0 Å². The second-order valence-corrected chi connectivity index (χ2v) is 5.75. The van der Waals surface area contributed by atoms with Crippen LogP contribution in [0, 0.1) is 11.7 Å². The molecule has 1 aromatic carbocycles. The molecule has 1 amide bonds. The minimum Gasteiger partial charge on any atom is -0.490 e. The van der Waals surface area contributed by atoms with Crippen molar-refractivity contribution < 1.29 is 23.8 Å². The van der Waals surface area contributed by atoms with Gasteiger partial charge in [0.05, 0.1) is 6.61 Å². The number of halogens is 1. The molecule has 0 saturated carbocycles. The summed E-state index contributed by atoms with van der Waals surface area (Å²) in [6, 6.07) is 4.97. The van der Waals surface area contributed by atoms with E-state index in [-0.39, 0.29) is 30.4 Å². The topological polar surface area (TPSA) is 89.6 Å². The molecule has 0 aliphatic rings. The molecule has 0 heterocycles. The molecule has 128 valence electrons. The summed E-state index contributed by atoms with van der Waals surface area (Å²) >= 11 is 0. The van der Waals surface area contributed by atoms with E-state index < -0.39 is 11.8 Å². The van der Waals surface area contributed by atoms with Gasteiger partial charge in [0.25, 0.3) is 0 Å². The van der Waals surface area contributed by atoms with E-state index in [1.165, 1.54) is 0 Å². The van der Waals surface area contributed by atoms with Crippen LogP contribution in [0.15, 0.2) is 18.2 Å². The largest absolute Gasteiger partial charge is 0.490 e. The number of nitrogens with two attached hydrogens (primary N) is 1. The normalized spacial score (nSPS) is 11.9. The fraction of sp³-hybridized carbons (Fsp3) is 0.529. The minimum atomic E-state index is -0.840. The average molecular weight is 325 g/mol. The van der Waals surface area contributed by atoms with Crippen molar-refractivity contribution in [2.75, 3.05) is 6.61 Å². The van der Waals surface area contributed by atoms with Crippen molar-refractivity contribution in [2.45, 2.75) is 45.4 Å². The monoisotopic (exact) mass is 325 g/mol. The van der Waals surface area contributed by atoms with Crippen molar-refractivity contribution >= 4 is 11.9 Å². The maximum Gasteiger partial charge on any atom is 0.303 e. The van der Waals surface area contributed by atoms with Crippen molar-refractivity contribution in [1.29, 1.82) is 0 Å². The van der Waals surface area contributed by atoms with Gasteiger partial charge in [-0.3, -0.25) is 9.59 Å². The summed E-state index contributed by atoms with van der Waals surface area (Å²) in [4.78, 5) is 21.2. The molecule has 1 aromatic rings. The van der Waals surface area contributed by atoms with Gasteiger partial charge in [-0.15, -0.1) is 0 Å². The van der Waals surface area contributed by atoms with Crippen molar-refractivity contribution in [3.8, 4) is 5.75 Å². The van der Waals surface area contributed by atoms with Gasteiger partial charge in [0.1, 0.15) is 0 Å².